The van der Waals surface area contributed by atoms with Crippen molar-refractivity contribution in [1.82, 2.24) is 15.4 Å². The van der Waals surface area contributed by atoms with Crippen LogP contribution in [0.5, 0.6) is 0 Å². The topological polar surface area (TPSA) is 73.1 Å². The number of para-hydroxylation sites is 2. The molecule has 1 aliphatic heterocycles. The lowest BCUT2D eigenvalue weighted by Crippen LogP contribution is -2.31. The third kappa shape index (κ3) is 2.95. The molecule has 0 bridgehead atoms. The molecule has 2 aromatic rings. The van der Waals surface area contributed by atoms with Gasteiger partial charge in [0, 0.05) is 13.2 Å². The molecular formula is C15H20N4O. The molecule has 1 fully saturated rings. The van der Waals surface area contributed by atoms with Crippen molar-refractivity contribution in [2.75, 3.05) is 13.2 Å². The number of aromatic nitrogens is 2. The highest BCUT2D eigenvalue weighted by Gasteiger charge is 2.21. The van der Waals surface area contributed by atoms with E-state index in [9.17, 15) is 0 Å². The fourth-order valence-corrected chi connectivity index (χ4v) is 2.73. The summed E-state index contributed by atoms with van der Waals surface area (Å²) in [7, 11) is 0. The van der Waals surface area contributed by atoms with E-state index in [1.165, 1.54) is 0 Å². The molecule has 1 atom stereocenters. The van der Waals surface area contributed by atoms with E-state index in [0.717, 1.165) is 49.2 Å². The number of nitrogens with zero attached hydrogens (tertiary/aromatic N) is 2. The van der Waals surface area contributed by atoms with Gasteiger partial charge in [0.15, 0.2) is 0 Å². The zero-order valence-electron chi connectivity index (χ0n) is 11.5. The van der Waals surface area contributed by atoms with Crippen molar-refractivity contribution in [1.29, 1.82) is 0 Å². The van der Waals surface area contributed by atoms with E-state index in [0.29, 0.717) is 5.92 Å². The summed E-state index contributed by atoms with van der Waals surface area (Å²) in [5.41, 5.74) is 5.63. The first-order chi connectivity index (χ1) is 9.86. The lowest BCUT2D eigenvalue weighted by atomic mass is 9.91. The first kappa shape index (κ1) is 13.4. The number of benzene rings is 1. The van der Waals surface area contributed by atoms with Crippen LogP contribution in [0.2, 0.25) is 0 Å². The van der Waals surface area contributed by atoms with Crippen LogP contribution in [0.3, 0.4) is 0 Å². The summed E-state index contributed by atoms with van der Waals surface area (Å²) in [6, 6.07) is 7.94. The van der Waals surface area contributed by atoms with E-state index in [1.54, 1.807) is 0 Å². The molecule has 1 aromatic heterocycles. The number of nitrogens with one attached hydrogen (secondary N) is 1. The predicted octanol–water partition coefficient (Wildman–Crippen LogP) is 1.95. The molecule has 0 saturated carbocycles. The van der Waals surface area contributed by atoms with Gasteiger partial charge in [0.05, 0.1) is 29.0 Å². The third-order valence-corrected chi connectivity index (χ3v) is 3.94. The van der Waals surface area contributed by atoms with Gasteiger partial charge < -0.3 is 4.74 Å². The third-order valence-electron chi connectivity index (χ3n) is 3.94. The van der Waals surface area contributed by atoms with Crippen molar-refractivity contribution >= 4 is 11.0 Å². The number of nitrogens with two attached hydrogens (primary N) is 1. The number of hydrazine groups is 1. The summed E-state index contributed by atoms with van der Waals surface area (Å²) in [4.78, 5) is 9.14. The summed E-state index contributed by atoms with van der Waals surface area (Å²) in [6.45, 7) is 1.71. The minimum Gasteiger partial charge on any atom is -0.381 e. The molecule has 1 unspecified atom stereocenters. The highest BCUT2D eigenvalue weighted by molar-refractivity contribution is 5.73. The Labute approximate surface area is 118 Å². The molecule has 0 aliphatic carbocycles. The Kier molecular flexibility index (Phi) is 4.20. The summed E-state index contributed by atoms with van der Waals surface area (Å²) >= 11 is 0. The molecule has 3 rings (SSSR count). The minimum absolute atomic E-state index is 0.0511. The molecule has 1 aliphatic rings. The number of fused-ring (bicyclic) bond motifs is 1. The average Bonchev–Trinajstić information content (AvgIpc) is 2.53. The maximum absolute atomic E-state index is 5.72. The lowest BCUT2D eigenvalue weighted by Gasteiger charge is -2.26. The van der Waals surface area contributed by atoms with Gasteiger partial charge >= 0.3 is 0 Å². The molecular weight excluding hydrogens is 252 g/mol. The van der Waals surface area contributed by atoms with Crippen molar-refractivity contribution in [3.63, 3.8) is 0 Å². The maximum atomic E-state index is 5.72. The van der Waals surface area contributed by atoms with E-state index in [2.05, 4.69) is 15.4 Å². The Morgan fingerprint density at radius 3 is 2.75 bits per heavy atom. The van der Waals surface area contributed by atoms with E-state index in [-0.39, 0.29) is 6.04 Å². The molecule has 1 saturated heterocycles. The zero-order valence-corrected chi connectivity index (χ0v) is 11.5. The van der Waals surface area contributed by atoms with Crippen LogP contribution in [0.25, 0.3) is 11.0 Å². The summed E-state index contributed by atoms with van der Waals surface area (Å²) < 4.78 is 5.40. The lowest BCUT2D eigenvalue weighted by molar-refractivity contribution is 0.0603. The fourth-order valence-electron chi connectivity index (χ4n) is 2.73. The molecule has 0 radical (unpaired) electrons. The zero-order chi connectivity index (χ0) is 13.8. The smallest absolute Gasteiger partial charge is 0.0890 e. The number of hydrogen-bond donors (Lipinski definition) is 2. The van der Waals surface area contributed by atoms with Gasteiger partial charge in [-0.3, -0.25) is 16.3 Å². The van der Waals surface area contributed by atoms with E-state index in [4.69, 9.17) is 10.6 Å². The molecule has 0 spiro atoms. The predicted molar refractivity (Wildman–Crippen MR) is 77.8 cm³/mol. The van der Waals surface area contributed by atoms with Crippen LogP contribution in [-0.2, 0) is 4.74 Å². The quantitative estimate of drug-likeness (QED) is 0.657. The molecule has 0 amide bonds. The van der Waals surface area contributed by atoms with Crippen molar-refractivity contribution in [2.24, 2.45) is 11.8 Å². The number of hydrogen-bond acceptors (Lipinski definition) is 5. The van der Waals surface area contributed by atoms with E-state index in [1.807, 2.05) is 30.5 Å². The second kappa shape index (κ2) is 6.26. The highest BCUT2D eigenvalue weighted by atomic mass is 16.5. The van der Waals surface area contributed by atoms with Crippen LogP contribution in [0.1, 0.15) is 31.0 Å². The first-order valence-corrected chi connectivity index (χ1v) is 7.12. The number of ether oxygens (including phenoxy) is 1. The van der Waals surface area contributed by atoms with Crippen LogP contribution < -0.4 is 11.3 Å². The first-order valence-electron chi connectivity index (χ1n) is 7.12. The van der Waals surface area contributed by atoms with Crippen molar-refractivity contribution in [2.45, 2.75) is 25.3 Å². The van der Waals surface area contributed by atoms with Gasteiger partial charge in [-0.15, -0.1) is 0 Å². The molecule has 106 valence electrons. The molecule has 20 heavy (non-hydrogen) atoms. The molecule has 2 heterocycles. The fraction of sp³-hybridized carbons (Fsp3) is 0.467. The van der Waals surface area contributed by atoms with Crippen LogP contribution in [0, 0.1) is 5.92 Å². The molecule has 1 aromatic carbocycles. The molecule has 5 heteroatoms. The SMILES string of the molecule is NNC(CC1CCOCC1)c1cnc2ccccc2n1. The van der Waals surface area contributed by atoms with Crippen LogP contribution in [0.4, 0.5) is 0 Å². The Morgan fingerprint density at radius 1 is 1.25 bits per heavy atom. The summed E-state index contributed by atoms with van der Waals surface area (Å²) in [5.74, 6) is 6.35. The minimum atomic E-state index is 0.0511. The van der Waals surface area contributed by atoms with Gasteiger partial charge in [-0.2, -0.15) is 0 Å². The molecule has 5 nitrogen and oxygen atoms in total. The van der Waals surface area contributed by atoms with Gasteiger partial charge in [-0.1, -0.05) is 12.1 Å². The Bertz CT molecular complexity index is 569. The standard InChI is InChI=1S/C15H20N4O/c16-19-14(9-11-5-7-20-8-6-11)15-10-17-12-3-1-2-4-13(12)18-15/h1-4,10-11,14,19H,5-9,16H2. The Hall–Kier alpha value is -1.56. The van der Waals surface area contributed by atoms with Gasteiger partial charge in [-0.05, 0) is 37.3 Å². The molecule has 3 N–H and O–H groups in total. The second-order valence-corrected chi connectivity index (χ2v) is 5.29. The van der Waals surface area contributed by atoms with E-state index < -0.39 is 0 Å². The Morgan fingerprint density at radius 2 is 2.00 bits per heavy atom. The van der Waals surface area contributed by atoms with Crippen molar-refractivity contribution in [3.8, 4) is 0 Å². The van der Waals surface area contributed by atoms with Gasteiger partial charge in [0.2, 0.25) is 0 Å². The van der Waals surface area contributed by atoms with Crippen molar-refractivity contribution < 1.29 is 4.74 Å². The van der Waals surface area contributed by atoms with Crippen molar-refractivity contribution in [3.05, 3.63) is 36.2 Å². The number of rotatable bonds is 4. The van der Waals surface area contributed by atoms with Gasteiger partial charge in [0.25, 0.3) is 0 Å². The summed E-state index contributed by atoms with van der Waals surface area (Å²) in [6.07, 6.45) is 5.00. The highest BCUT2D eigenvalue weighted by Crippen LogP contribution is 2.26. The summed E-state index contributed by atoms with van der Waals surface area (Å²) in [5, 5.41) is 0. The maximum Gasteiger partial charge on any atom is 0.0890 e. The average molecular weight is 272 g/mol. The van der Waals surface area contributed by atoms with Gasteiger partial charge in [-0.25, -0.2) is 4.98 Å². The monoisotopic (exact) mass is 272 g/mol. The van der Waals surface area contributed by atoms with Crippen LogP contribution in [-0.4, -0.2) is 23.2 Å². The normalized spacial score (nSPS) is 18.2. The van der Waals surface area contributed by atoms with Crippen LogP contribution in [0.15, 0.2) is 30.5 Å². The van der Waals surface area contributed by atoms with E-state index >= 15 is 0 Å². The largest absolute Gasteiger partial charge is 0.381 e. The second-order valence-electron chi connectivity index (χ2n) is 5.29. The van der Waals surface area contributed by atoms with Gasteiger partial charge in [0.1, 0.15) is 0 Å². The van der Waals surface area contributed by atoms with Crippen LogP contribution >= 0.6 is 0 Å². The Balaban J connectivity index is 1.79.